The number of benzene rings is 1. The minimum Gasteiger partial charge on any atom is -0.478 e. The Bertz CT molecular complexity index is 666. The summed E-state index contributed by atoms with van der Waals surface area (Å²) in [4.78, 5) is 34.5. The lowest BCUT2D eigenvalue weighted by Crippen LogP contribution is -2.21. The smallest absolute Gasteiger partial charge is 0.335 e. The van der Waals surface area contributed by atoms with Crippen LogP contribution in [0.25, 0.3) is 0 Å². The molecule has 0 aromatic heterocycles. The van der Waals surface area contributed by atoms with Crippen molar-refractivity contribution < 1.29 is 19.5 Å². The van der Waals surface area contributed by atoms with Crippen molar-refractivity contribution in [3.8, 4) is 0 Å². The van der Waals surface area contributed by atoms with E-state index in [1.807, 2.05) is 0 Å². The van der Waals surface area contributed by atoms with E-state index in [9.17, 15) is 14.4 Å². The van der Waals surface area contributed by atoms with E-state index in [0.717, 1.165) is 0 Å². The highest BCUT2D eigenvalue weighted by Crippen LogP contribution is 2.21. The fourth-order valence-electron chi connectivity index (χ4n) is 1.81. The van der Waals surface area contributed by atoms with Crippen molar-refractivity contribution in [2.75, 3.05) is 5.32 Å². The standard InChI is InChI=1S/C15H13NO4/c1-8-9(2)14(18)12(7-13(8)17)16-11-5-3-10(4-6-11)15(19)20/h3-7,16H,1-2H3,(H,19,20). The molecule has 5 heteroatoms. The molecule has 2 N–H and O–H groups in total. The summed E-state index contributed by atoms with van der Waals surface area (Å²) in [5, 5.41) is 11.6. The molecule has 0 aliphatic heterocycles. The third kappa shape index (κ3) is 2.51. The Morgan fingerprint density at radius 1 is 1.05 bits per heavy atom. The van der Waals surface area contributed by atoms with Gasteiger partial charge in [-0.05, 0) is 38.1 Å². The molecule has 0 unspecified atom stereocenters. The maximum Gasteiger partial charge on any atom is 0.335 e. The van der Waals surface area contributed by atoms with Crippen LogP contribution >= 0.6 is 0 Å². The summed E-state index contributed by atoms with van der Waals surface area (Å²) in [7, 11) is 0. The summed E-state index contributed by atoms with van der Waals surface area (Å²) in [5.74, 6) is -1.45. The first-order valence-corrected chi connectivity index (χ1v) is 5.98. The maximum atomic E-state index is 12.0. The van der Waals surface area contributed by atoms with Gasteiger partial charge >= 0.3 is 5.97 Å². The number of carbonyl (C=O) groups excluding carboxylic acids is 2. The average Bonchev–Trinajstić information content (AvgIpc) is 2.43. The molecule has 0 fully saturated rings. The van der Waals surface area contributed by atoms with E-state index < -0.39 is 5.97 Å². The van der Waals surface area contributed by atoms with Gasteiger partial charge in [0.15, 0.2) is 5.78 Å². The van der Waals surface area contributed by atoms with Gasteiger partial charge in [-0.3, -0.25) is 9.59 Å². The predicted octanol–water partition coefficient (Wildman–Crippen LogP) is 2.17. The summed E-state index contributed by atoms with van der Waals surface area (Å²) < 4.78 is 0. The first kappa shape index (κ1) is 13.7. The van der Waals surface area contributed by atoms with Crippen molar-refractivity contribution in [2.45, 2.75) is 13.8 Å². The zero-order valence-corrected chi connectivity index (χ0v) is 11.1. The van der Waals surface area contributed by atoms with E-state index in [1.165, 1.54) is 18.2 Å². The number of aromatic carboxylic acids is 1. The molecule has 5 nitrogen and oxygen atoms in total. The van der Waals surface area contributed by atoms with Gasteiger partial charge in [0.25, 0.3) is 0 Å². The number of hydrogen-bond donors (Lipinski definition) is 2. The Labute approximate surface area is 115 Å². The molecule has 0 heterocycles. The van der Waals surface area contributed by atoms with Crippen molar-refractivity contribution in [2.24, 2.45) is 0 Å². The Hall–Kier alpha value is -2.69. The topological polar surface area (TPSA) is 83.5 Å². The van der Waals surface area contributed by atoms with E-state index in [-0.39, 0.29) is 22.8 Å². The minimum absolute atomic E-state index is 0.155. The number of allylic oxidation sites excluding steroid dienone is 3. The molecular formula is C15H13NO4. The zero-order chi connectivity index (χ0) is 14.9. The molecule has 1 aromatic rings. The van der Waals surface area contributed by atoms with Gasteiger partial charge in [-0.2, -0.15) is 0 Å². The molecule has 0 atom stereocenters. The van der Waals surface area contributed by atoms with Gasteiger partial charge in [0.05, 0.1) is 11.3 Å². The van der Waals surface area contributed by atoms with E-state index in [1.54, 1.807) is 26.0 Å². The largest absolute Gasteiger partial charge is 0.478 e. The van der Waals surface area contributed by atoms with Crippen LogP contribution in [0.4, 0.5) is 5.69 Å². The summed E-state index contributed by atoms with van der Waals surface area (Å²) in [5.41, 5.74) is 1.77. The van der Waals surface area contributed by atoms with Crippen LogP contribution in [0.15, 0.2) is 47.2 Å². The van der Waals surface area contributed by atoms with Gasteiger partial charge in [0.1, 0.15) is 0 Å². The van der Waals surface area contributed by atoms with Crippen LogP contribution in [0.5, 0.6) is 0 Å². The molecular weight excluding hydrogens is 258 g/mol. The first-order chi connectivity index (χ1) is 9.40. The van der Waals surface area contributed by atoms with E-state index in [2.05, 4.69) is 5.32 Å². The Kier molecular flexibility index (Phi) is 3.52. The molecule has 0 spiro atoms. The van der Waals surface area contributed by atoms with Crippen molar-refractivity contribution in [1.29, 1.82) is 0 Å². The summed E-state index contributed by atoms with van der Waals surface area (Å²) >= 11 is 0. The van der Waals surface area contributed by atoms with Crippen molar-refractivity contribution in [1.82, 2.24) is 0 Å². The van der Waals surface area contributed by atoms with E-state index in [4.69, 9.17) is 5.11 Å². The second-order valence-corrected chi connectivity index (χ2v) is 4.51. The number of carboxylic acid groups (broad SMARTS) is 1. The molecule has 0 saturated heterocycles. The number of carbonyl (C=O) groups is 3. The number of rotatable bonds is 3. The quantitative estimate of drug-likeness (QED) is 0.823. The minimum atomic E-state index is -1.02. The molecule has 1 aliphatic rings. The molecule has 0 bridgehead atoms. The van der Waals surface area contributed by atoms with Crippen LogP contribution in [-0.2, 0) is 9.59 Å². The molecule has 0 radical (unpaired) electrons. The molecule has 2 rings (SSSR count). The highest BCUT2D eigenvalue weighted by molar-refractivity contribution is 6.23. The molecule has 0 saturated carbocycles. The number of anilines is 1. The van der Waals surface area contributed by atoms with E-state index >= 15 is 0 Å². The Balaban J connectivity index is 2.23. The zero-order valence-electron chi connectivity index (χ0n) is 11.1. The number of nitrogens with one attached hydrogen (secondary N) is 1. The predicted molar refractivity (Wildman–Crippen MR) is 73.5 cm³/mol. The molecule has 1 aliphatic carbocycles. The molecule has 102 valence electrons. The SMILES string of the molecule is CC1=C(C)C(=O)C(Nc2ccc(C(=O)O)cc2)=CC1=O. The number of carboxylic acids is 1. The van der Waals surface area contributed by atoms with Crippen LogP contribution in [0.2, 0.25) is 0 Å². The van der Waals surface area contributed by atoms with Crippen molar-refractivity contribution in [3.05, 3.63) is 52.7 Å². The van der Waals surface area contributed by atoms with Gasteiger partial charge in [0, 0.05) is 22.9 Å². The monoisotopic (exact) mass is 271 g/mol. The van der Waals surface area contributed by atoms with Crippen LogP contribution in [-0.4, -0.2) is 22.6 Å². The van der Waals surface area contributed by atoms with Crippen LogP contribution < -0.4 is 5.32 Å². The summed E-state index contributed by atoms with van der Waals surface area (Å²) in [6.45, 7) is 3.22. The second kappa shape index (κ2) is 5.13. The number of hydrogen-bond acceptors (Lipinski definition) is 4. The fraction of sp³-hybridized carbons (Fsp3) is 0.133. The van der Waals surface area contributed by atoms with Gasteiger partial charge in [0.2, 0.25) is 5.78 Å². The second-order valence-electron chi connectivity index (χ2n) is 4.51. The van der Waals surface area contributed by atoms with E-state index in [0.29, 0.717) is 16.8 Å². The third-order valence-corrected chi connectivity index (χ3v) is 3.20. The highest BCUT2D eigenvalue weighted by atomic mass is 16.4. The summed E-state index contributed by atoms with van der Waals surface area (Å²) in [6.07, 6.45) is 1.26. The first-order valence-electron chi connectivity index (χ1n) is 5.98. The van der Waals surface area contributed by atoms with Gasteiger partial charge in [-0.15, -0.1) is 0 Å². The lowest BCUT2D eigenvalue weighted by Gasteiger charge is -2.16. The average molecular weight is 271 g/mol. The lowest BCUT2D eigenvalue weighted by atomic mass is 9.95. The van der Waals surface area contributed by atoms with Gasteiger partial charge in [-0.25, -0.2) is 4.79 Å². The van der Waals surface area contributed by atoms with Crippen LogP contribution in [0.1, 0.15) is 24.2 Å². The maximum absolute atomic E-state index is 12.0. The Morgan fingerprint density at radius 2 is 1.65 bits per heavy atom. The normalized spacial score (nSPS) is 15.2. The van der Waals surface area contributed by atoms with Gasteiger partial charge in [-0.1, -0.05) is 0 Å². The number of Topliss-reactive ketones (excluding diaryl/α,β-unsaturated/α-hetero) is 1. The van der Waals surface area contributed by atoms with Crippen LogP contribution in [0.3, 0.4) is 0 Å². The summed E-state index contributed by atoms with van der Waals surface area (Å²) in [6, 6.07) is 5.94. The Morgan fingerprint density at radius 3 is 2.20 bits per heavy atom. The van der Waals surface area contributed by atoms with Crippen molar-refractivity contribution in [3.63, 3.8) is 0 Å². The van der Waals surface area contributed by atoms with Crippen LogP contribution in [0, 0.1) is 0 Å². The van der Waals surface area contributed by atoms with Crippen molar-refractivity contribution >= 4 is 23.2 Å². The number of ketones is 2. The molecule has 0 amide bonds. The lowest BCUT2D eigenvalue weighted by molar-refractivity contribution is -0.115. The fourth-order valence-corrected chi connectivity index (χ4v) is 1.81. The molecule has 20 heavy (non-hydrogen) atoms. The third-order valence-electron chi connectivity index (χ3n) is 3.20. The van der Waals surface area contributed by atoms with Gasteiger partial charge < -0.3 is 10.4 Å². The molecule has 1 aromatic carbocycles. The highest BCUT2D eigenvalue weighted by Gasteiger charge is 2.23.